The van der Waals surface area contributed by atoms with Gasteiger partial charge in [0.1, 0.15) is 0 Å². The summed E-state index contributed by atoms with van der Waals surface area (Å²) < 4.78 is 0. The standard InChI is InChI=1S/C12H14N6O2/c1-7-3-5-8(6-4-7)15-12-16-10(13)9(18(19)20)11(14-2)17-12/h3-6H,1-2H3,(H4,13,14,15,16,17). The number of nitrogens with zero attached hydrogens (tertiary/aromatic N) is 3. The molecule has 0 spiro atoms. The van der Waals surface area contributed by atoms with Gasteiger partial charge in [-0.05, 0) is 19.1 Å². The maximum atomic E-state index is 10.9. The molecule has 8 nitrogen and oxygen atoms in total. The molecule has 0 aliphatic heterocycles. The molecule has 0 radical (unpaired) electrons. The molecule has 20 heavy (non-hydrogen) atoms. The van der Waals surface area contributed by atoms with Gasteiger partial charge in [0.2, 0.25) is 17.6 Å². The largest absolute Gasteiger partial charge is 0.378 e. The minimum Gasteiger partial charge on any atom is -0.378 e. The summed E-state index contributed by atoms with van der Waals surface area (Å²) in [7, 11) is 1.53. The Kier molecular flexibility index (Phi) is 3.65. The second-order valence-electron chi connectivity index (χ2n) is 4.13. The topological polar surface area (TPSA) is 119 Å². The van der Waals surface area contributed by atoms with E-state index in [1.807, 2.05) is 31.2 Å². The van der Waals surface area contributed by atoms with Crippen molar-refractivity contribution in [2.75, 3.05) is 23.4 Å². The number of anilines is 4. The summed E-state index contributed by atoms with van der Waals surface area (Å²) in [6.45, 7) is 1.98. The van der Waals surface area contributed by atoms with Crippen LogP contribution in [0.3, 0.4) is 0 Å². The van der Waals surface area contributed by atoms with Crippen molar-refractivity contribution >= 4 is 29.0 Å². The van der Waals surface area contributed by atoms with Crippen LogP contribution >= 0.6 is 0 Å². The van der Waals surface area contributed by atoms with E-state index in [0.717, 1.165) is 11.3 Å². The lowest BCUT2D eigenvalue weighted by molar-refractivity contribution is -0.383. The third-order valence-electron chi connectivity index (χ3n) is 2.64. The Morgan fingerprint density at radius 1 is 1.25 bits per heavy atom. The smallest absolute Gasteiger partial charge is 0.353 e. The molecule has 1 aromatic carbocycles. The molecule has 0 saturated carbocycles. The highest BCUT2D eigenvalue weighted by atomic mass is 16.6. The number of hydrogen-bond donors (Lipinski definition) is 3. The highest BCUT2D eigenvalue weighted by Crippen LogP contribution is 2.29. The van der Waals surface area contributed by atoms with Gasteiger partial charge in [0.05, 0.1) is 4.92 Å². The van der Waals surface area contributed by atoms with Gasteiger partial charge in [-0.1, -0.05) is 17.7 Å². The number of rotatable bonds is 4. The first kappa shape index (κ1) is 13.5. The molecule has 0 aliphatic rings. The monoisotopic (exact) mass is 274 g/mol. The van der Waals surface area contributed by atoms with Crippen LogP contribution in [0, 0.1) is 17.0 Å². The molecule has 0 amide bonds. The van der Waals surface area contributed by atoms with Crippen LogP contribution in [0.15, 0.2) is 24.3 Å². The van der Waals surface area contributed by atoms with Gasteiger partial charge in [0, 0.05) is 12.7 Å². The number of hydrogen-bond acceptors (Lipinski definition) is 7. The van der Waals surface area contributed by atoms with Gasteiger partial charge in [-0.3, -0.25) is 10.1 Å². The molecule has 4 N–H and O–H groups in total. The predicted molar refractivity (Wildman–Crippen MR) is 77.1 cm³/mol. The number of benzene rings is 1. The lowest BCUT2D eigenvalue weighted by atomic mass is 10.2. The van der Waals surface area contributed by atoms with Gasteiger partial charge in [-0.15, -0.1) is 0 Å². The zero-order chi connectivity index (χ0) is 14.7. The maximum Gasteiger partial charge on any atom is 0.353 e. The number of nitrogens with two attached hydrogens (primary N) is 1. The fourth-order valence-corrected chi connectivity index (χ4v) is 1.65. The highest BCUT2D eigenvalue weighted by molar-refractivity contribution is 5.71. The molecule has 0 atom stereocenters. The van der Waals surface area contributed by atoms with E-state index in [1.54, 1.807) is 0 Å². The number of nitrogen functional groups attached to an aromatic ring is 1. The van der Waals surface area contributed by atoms with Gasteiger partial charge in [-0.25, -0.2) is 0 Å². The molecule has 1 aromatic heterocycles. The zero-order valence-electron chi connectivity index (χ0n) is 11.0. The normalized spacial score (nSPS) is 10.1. The number of nitro groups is 1. The van der Waals surface area contributed by atoms with Crippen LogP contribution in [-0.4, -0.2) is 21.9 Å². The quantitative estimate of drug-likeness (QED) is 0.576. The van der Waals surface area contributed by atoms with E-state index < -0.39 is 4.92 Å². The van der Waals surface area contributed by atoms with Crippen LogP contribution in [0.5, 0.6) is 0 Å². The fourth-order valence-electron chi connectivity index (χ4n) is 1.65. The van der Waals surface area contributed by atoms with Crippen molar-refractivity contribution in [3.8, 4) is 0 Å². The van der Waals surface area contributed by atoms with Gasteiger partial charge < -0.3 is 16.4 Å². The molecule has 1 heterocycles. The van der Waals surface area contributed by atoms with Gasteiger partial charge in [0.25, 0.3) is 0 Å². The van der Waals surface area contributed by atoms with E-state index in [2.05, 4.69) is 20.6 Å². The Balaban J connectivity index is 2.36. The second kappa shape index (κ2) is 5.39. The van der Waals surface area contributed by atoms with Crippen molar-refractivity contribution in [1.82, 2.24) is 9.97 Å². The summed E-state index contributed by atoms with van der Waals surface area (Å²) in [4.78, 5) is 18.2. The molecule has 0 fully saturated rings. The third kappa shape index (κ3) is 2.74. The van der Waals surface area contributed by atoms with Crippen molar-refractivity contribution in [2.45, 2.75) is 6.92 Å². The van der Waals surface area contributed by atoms with Crippen LogP contribution < -0.4 is 16.4 Å². The SMILES string of the molecule is CNc1nc(Nc2ccc(C)cc2)nc(N)c1[N+](=O)[O-]. The molecule has 104 valence electrons. The molecule has 0 aliphatic carbocycles. The van der Waals surface area contributed by atoms with Crippen molar-refractivity contribution in [3.63, 3.8) is 0 Å². The van der Waals surface area contributed by atoms with E-state index in [1.165, 1.54) is 7.05 Å². The van der Waals surface area contributed by atoms with Crippen molar-refractivity contribution in [3.05, 3.63) is 39.9 Å². The Labute approximate surface area is 115 Å². The van der Waals surface area contributed by atoms with Gasteiger partial charge >= 0.3 is 5.69 Å². The van der Waals surface area contributed by atoms with E-state index >= 15 is 0 Å². The first-order valence-corrected chi connectivity index (χ1v) is 5.84. The van der Waals surface area contributed by atoms with Crippen LogP contribution in [-0.2, 0) is 0 Å². The fraction of sp³-hybridized carbons (Fsp3) is 0.167. The summed E-state index contributed by atoms with van der Waals surface area (Å²) >= 11 is 0. The Morgan fingerprint density at radius 3 is 2.45 bits per heavy atom. The van der Waals surface area contributed by atoms with Gasteiger partial charge in [-0.2, -0.15) is 9.97 Å². The summed E-state index contributed by atoms with van der Waals surface area (Å²) in [5.41, 5.74) is 7.16. The number of nitrogens with one attached hydrogen (secondary N) is 2. The average molecular weight is 274 g/mol. The minimum atomic E-state index is -0.614. The summed E-state index contributed by atoms with van der Waals surface area (Å²) in [6.07, 6.45) is 0. The minimum absolute atomic E-state index is 0.0668. The van der Waals surface area contributed by atoms with E-state index in [-0.39, 0.29) is 23.3 Å². The molecule has 8 heteroatoms. The Hall–Kier alpha value is -2.90. The third-order valence-corrected chi connectivity index (χ3v) is 2.64. The number of aryl methyl sites for hydroxylation is 1. The molecule has 2 rings (SSSR count). The van der Waals surface area contributed by atoms with Crippen LogP contribution in [0.25, 0.3) is 0 Å². The van der Waals surface area contributed by atoms with Crippen LogP contribution in [0.2, 0.25) is 0 Å². The molecular weight excluding hydrogens is 260 g/mol. The lowest BCUT2D eigenvalue weighted by Crippen LogP contribution is -2.08. The Morgan fingerprint density at radius 2 is 1.90 bits per heavy atom. The molecule has 0 saturated heterocycles. The van der Waals surface area contributed by atoms with Crippen LogP contribution in [0.1, 0.15) is 5.56 Å². The summed E-state index contributed by atoms with van der Waals surface area (Å²) in [6, 6.07) is 7.57. The summed E-state index contributed by atoms with van der Waals surface area (Å²) in [5.74, 6) is 0.0716. The summed E-state index contributed by atoms with van der Waals surface area (Å²) in [5, 5.41) is 16.5. The second-order valence-corrected chi connectivity index (χ2v) is 4.13. The highest BCUT2D eigenvalue weighted by Gasteiger charge is 2.22. The maximum absolute atomic E-state index is 10.9. The van der Waals surface area contributed by atoms with E-state index in [0.29, 0.717) is 0 Å². The molecule has 0 bridgehead atoms. The first-order chi connectivity index (χ1) is 9.51. The first-order valence-electron chi connectivity index (χ1n) is 5.84. The van der Waals surface area contributed by atoms with Crippen molar-refractivity contribution < 1.29 is 4.92 Å². The molecular formula is C12H14N6O2. The predicted octanol–water partition coefficient (Wildman–Crippen LogP) is 2.06. The average Bonchev–Trinajstić information content (AvgIpc) is 2.40. The lowest BCUT2D eigenvalue weighted by Gasteiger charge is -2.08. The van der Waals surface area contributed by atoms with E-state index in [4.69, 9.17) is 5.73 Å². The molecule has 2 aromatic rings. The van der Waals surface area contributed by atoms with Crippen molar-refractivity contribution in [1.29, 1.82) is 0 Å². The van der Waals surface area contributed by atoms with Crippen LogP contribution in [0.4, 0.5) is 29.0 Å². The Bertz CT molecular complexity index is 641. The number of aromatic nitrogens is 2. The molecule has 0 unspecified atom stereocenters. The zero-order valence-corrected chi connectivity index (χ0v) is 11.0. The van der Waals surface area contributed by atoms with Gasteiger partial charge in [0.15, 0.2) is 0 Å². The van der Waals surface area contributed by atoms with Crippen molar-refractivity contribution in [2.24, 2.45) is 0 Å². The van der Waals surface area contributed by atoms with E-state index in [9.17, 15) is 10.1 Å².